The summed E-state index contributed by atoms with van der Waals surface area (Å²) in [5.41, 5.74) is 0. The van der Waals surface area contributed by atoms with Crippen LogP contribution in [0.15, 0.2) is 0 Å². The maximum atomic E-state index is 12.4. The van der Waals surface area contributed by atoms with E-state index >= 15 is 0 Å². The van der Waals surface area contributed by atoms with Crippen molar-refractivity contribution in [3.8, 4) is 0 Å². The second-order valence-corrected chi connectivity index (χ2v) is 8.80. The van der Waals surface area contributed by atoms with E-state index in [-0.39, 0.29) is 29.7 Å². The van der Waals surface area contributed by atoms with E-state index in [0.717, 1.165) is 0 Å². The highest BCUT2D eigenvalue weighted by atomic mass is 32.2. The molecule has 9 heteroatoms. The number of sulfonamides is 1. The molecule has 2 fully saturated rings. The predicted molar refractivity (Wildman–Crippen MR) is 93.5 cm³/mol. The Morgan fingerprint density at radius 3 is 2.16 bits per heavy atom. The van der Waals surface area contributed by atoms with Gasteiger partial charge in [-0.15, -0.1) is 0 Å². The van der Waals surface area contributed by atoms with Crippen molar-refractivity contribution < 1.29 is 22.7 Å². The van der Waals surface area contributed by atoms with E-state index in [1.54, 1.807) is 18.7 Å². The van der Waals surface area contributed by atoms with Gasteiger partial charge < -0.3 is 15.0 Å². The van der Waals surface area contributed by atoms with Crippen LogP contribution < -0.4 is 5.32 Å². The monoisotopic (exact) mass is 375 g/mol. The van der Waals surface area contributed by atoms with Crippen LogP contribution in [0.5, 0.6) is 0 Å². The molecule has 0 aliphatic carbocycles. The average molecular weight is 375 g/mol. The van der Waals surface area contributed by atoms with Crippen LogP contribution in [0.2, 0.25) is 0 Å². The highest BCUT2D eigenvalue weighted by Crippen LogP contribution is 2.21. The van der Waals surface area contributed by atoms with Gasteiger partial charge in [-0.1, -0.05) is 0 Å². The minimum atomic E-state index is -3.16. The summed E-state index contributed by atoms with van der Waals surface area (Å²) >= 11 is 0. The molecule has 0 unspecified atom stereocenters. The smallest absolute Gasteiger partial charge is 0.409 e. The van der Waals surface area contributed by atoms with Gasteiger partial charge >= 0.3 is 6.09 Å². The molecular formula is C16H29N3O5S. The highest BCUT2D eigenvalue weighted by Gasteiger charge is 2.32. The normalized spacial score (nSPS) is 21.1. The van der Waals surface area contributed by atoms with Gasteiger partial charge in [0.1, 0.15) is 0 Å². The molecule has 1 N–H and O–H groups in total. The van der Waals surface area contributed by atoms with Crippen LogP contribution in [0.3, 0.4) is 0 Å². The first kappa shape index (κ1) is 20.0. The third kappa shape index (κ3) is 5.31. The van der Waals surface area contributed by atoms with Crippen LogP contribution in [0.25, 0.3) is 0 Å². The number of nitrogens with zero attached hydrogens (tertiary/aromatic N) is 2. The van der Waals surface area contributed by atoms with Crippen LogP contribution in [0.1, 0.15) is 39.5 Å². The number of carbonyl (C=O) groups is 2. The zero-order chi connectivity index (χ0) is 18.4. The van der Waals surface area contributed by atoms with E-state index in [2.05, 4.69) is 5.32 Å². The average Bonchev–Trinajstić information content (AvgIpc) is 2.62. The third-order valence-electron chi connectivity index (χ3n) is 4.95. The van der Waals surface area contributed by atoms with E-state index in [9.17, 15) is 18.0 Å². The molecule has 8 nitrogen and oxygen atoms in total. The van der Waals surface area contributed by atoms with Crippen molar-refractivity contribution in [3.05, 3.63) is 0 Å². The lowest BCUT2D eigenvalue weighted by atomic mass is 9.96. The standard InChI is InChI=1S/C16H29N3O5S/c1-3-24-16(21)18-9-7-14(8-10-18)17-15(20)13-5-11-19(12-6-13)25(22,23)4-2/h13-14H,3-12H2,1-2H3,(H,17,20). The molecule has 2 saturated heterocycles. The summed E-state index contributed by atoms with van der Waals surface area (Å²) in [4.78, 5) is 25.8. The number of hydrogen-bond acceptors (Lipinski definition) is 5. The summed E-state index contributed by atoms with van der Waals surface area (Å²) in [7, 11) is -3.16. The maximum absolute atomic E-state index is 12.4. The van der Waals surface area contributed by atoms with Gasteiger partial charge in [-0.05, 0) is 39.5 Å². The van der Waals surface area contributed by atoms with Crippen molar-refractivity contribution >= 4 is 22.0 Å². The Kier molecular flexibility index (Phi) is 7.06. The van der Waals surface area contributed by atoms with Gasteiger partial charge in [0, 0.05) is 38.1 Å². The van der Waals surface area contributed by atoms with Crippen molar-refractivity contribution in [2.75, 3.05) is 38.5 Å². The van der Waals surface area contributed by atoms with Crippen LogP contribution in [0.4, 0.5) is 4.79 Å². The number of ether oxygens (including phenoxy) is 1. The second-order valence-electron chi connectivity index (χ2n) is 6.54. The summed E-state index contributed by atoms with van der Waals surface area (Å²) in [6.45, 7) is 5.76. The maximum Gasteiger partial charge on any atom is 0.409 e. The highest BCUT2D eigenvalue weighted by molar-refractivity contribution is 7.89. The Morgan fingerprint density at radius 1 is 1.04 bits per heavy atom. The molecule has 25 heavy (non-hydrogen) atoms. The Balaban J connectivity index is 1.74. The number of hydrogen-bond donors (Lipinski definition) is 1. The fourth-order valence-corrected chi connectivity index (χ4v) is 4.45. The van der Waals surface area contributed by atoms with Gasteiger partial charge in [0.05, 0.1) is 12.4 Å². The molecule has 144 valence electrons. The fourth-order valence-electron chi connectivity index (χ4n) is 3.32. The number of likely N-dealkylation sites (tertiary alicyclic amines) is 1. The molecule has 2 aliphatic heterocycles. The largest absolute Gasteiger partial charge is 0.450 e. The van der Waals surface area contributed by atoms with Gasteiger partial charge in [-0.3, -0.25) is 4.79 Å². The second kappa shape index (κ2) is 8.84. The number of carbonyl (C=O) groups excluding carboxylic acids is 2. The molecule has 2 amide bonds. The Hall–Kier alpha value is -1.35. The molecule has 0 saturated carbocycles. The molecule has 0 spiro atoms. The first-order valence-electron chi connectivity index (χ1n) is 9.07. The minimum absolute atomic E-state index is 0.00290. The van der Waals surface area contributed by atoms with E-state index < -0.39 is 10.0 Å². The summed E-state index contributed by atoms with van der Waals surface area (Å²) in [6.07, 6.45) is 2.26. The first-order valence-corrected chi connectivity index (χ1v) is 10.7. The molecule has 0 atom stereocenters. The van der Waals surface area contributed by atoms with Gasteiger partial charge in [-0.25, -0.2) is 17.5 Å². The summed E-state index contributed by atoms with van der Waals surface area (Å²) in [5.74, 6) is -0.0300. The lowest BCUT2D eigenvalue weighted by Gasteiger charge is -2.34. The zero-order valence-corrected chi connectivity index (χ0v) is 15.9. The molecule has 0 aromatic carbocycles. The number of rotatable bonds is 5. The molecule has 2 rings (SSSR count). The van der Waals surface area contributed by atoms with Crippen LogP contribution in [-0.2, 0) is 19.6 Å². The van der Waals surface area contributed by atoms with E-state index in [0.29, 0.717) is 58.5 Å². The molecule has 0 bridgehead atoms. The van der Waals surface area contributed by atoms with Gasteiger partial charge in [0.15, 0.2) is 0 Å². The predicted octanol–water partition coefficient (Wildman–Crippen LogP) is 0.785. The van der Waals surface area contributed by atoms with Gasteiger partial charge in [0.25, 0.3) is 0 Å². The minimum Gasteiger partial charge on any atom is -0.450 e. The van der Waals surface area contributed by atoms with Crippen molar-refractivity contribution in [2.24, 2.45) is 5.92 Å². The topological polar surface area (TPSA) is 96.0 Å². The van der Waals surface area contributed by atoms with Crippen LogP contribution in [0, 0.1) is 5.92 Å². The molecule has 0 aromatic rings. The SMILES string of the molecule is CCOC(=O)N1CCC(NC(=O)C2CCN(S(=O)(=O)CC)CC2)CC1. The Morgan fingerprint density at radius 2 is 1.64 bits per heavy atom. The van der Waals surface area contributed by atoms with E-state index in [1.165, 1.54) is 4.31 Å². The van der Waals surface area contributed by atoms with E-state index in [1.807, 2.05) is 0 Å². The molecular weight excluding hydrogens is 346 g/mol. The summed E-state index contributed by atoms with van der Waals surface area (Å²) in [5, 5.41) is 3.06. The zero-order valence-electron chi connectivity index (χ0n) is 15.1. The lowest BCUT2D eigenvalue weighted by molar-refractivity contribution is -0.127. The van der Waals surface area contributed by atoms with Crippen LogP contribution >= 0.6 is 0 Å². The Bertz CT molecular complexity index is 564. The van der Waals surface area contributed by atoms with Gasteiger partial charge in [-0.2, -0.15) is 0 Å². The number of amides is 2. The van der Waals surface area contributed by atoms with Crippen LogP contribution in [-0.4, -0.2) is 74.2 Å². The lowest BCUT2D eigenvalue weighted by Crippen LogP contribution is -2.49. The summed E-state index contributed by atoms with van der Waals surface area (Å²) in [6, 6.07) is 0.0654. The van der Waals surface area contributed by atoms with Crippen molar-refractivity contribution in [1.82, 2.24) is 14.5 Å². The quantitative estimate of drug-likeness (QED) is 0.766. The van der Waals surface area contributed by atoms with Gasteiger partial charge in [0.2, 0.25) is 15.9 Å². The van der Waals surface area contributed by atoms with Crippen molar-refractivity contribution in [3.63, 3.8) is 0 Å². The van der Waals surface area contributed by atoms with E-state index in [4.69, 9.17) is 4.74 Å². The Labute approximate surface area is 149 Å². The molecule has 0 aromatic heterocycles. The molecule has 2 heterocycles. The first-order chi connectivity index (χ1) is 11.9. The molecule has 0 radical (unpaired) electrons. The molecule has 2 aliphatic rings. The number of nitrogens with one attached hydrogen (secondary N) is 1. The summed E-state index contributed by atoms with van der Waals surface area (Å²) < 4.78 is 30.2. The van der Waals surface area contributed by atoms with Crippen molar-refractivity contribution in [2.45, 2.75) is 45.6 Å². The van der Waals surface area contributed by atoms with Crippen molar-refractivity contribution in [1.29, 1.82) is 0 Å². The fraction of sp³-hybridized carbons (Fsp3) is 0.875. The third-order valence-corrected chi connectivity index (χ3v) is 6.83. The number of piperidine rings is 2.